The van der Waals surface area contributed by atoms with E-state index in [1.165, 1.54) is 46.2 Å². The molecule has 2 aliphatic carbocycles. The number of allylic oxidation sites excluding steroid dienone is 1. The maximum atomic E-state index is 4.12. The summed E-state index contributed by atoms with van der Waals surface area (Å²) >= 11 is 0. The Bertz CT molecular complexity index is 1140. The molecule has 2 aromatic carbocycles. The predicted octanol–water partition coefficient (Wildman–Crippen LogP) is 6.19. The quantitative estimate of drug-likeness (QED) is 0.557. The lowest BCUT2D eigenvalue weighted by atomic mass is 9.63. The lowest BCUT2D eigenvalue weighted by Gasteiger charge is -2.42. The van der Waals surface area contributed by atoms with Crippen LogP contribution in [0.3, 0.4) is 0 Å². The molecule has 1 aromatic heterocycles. The van der Waals surface area contributed by atoms with Gasteiger partial charge in [-0.25, -0.2) is 0 Å². The second-order valence-electron chi connectivity index (χ2n) is 10.4. The smallest absolute Gasteiger partial charge is 0.177 e. The molecule has 1 N–H and O–H groups in total. The number of tetrazole rings is 1. The molecule has 1 heterocycles. The molecule has 0 spiro atoms. The van der Waals surface area contributed by atoms with Gasteiger partial charge in [-0.05, 0) is 80.7 Å². The van der Waals surface area contributed by atoms with Crippen molar-refractivity contribution in [2.75, 3.05) is 0 Å². The molecule has 0 radical (unpaired) electrons. The predicted molar refractivity (Wildman–Crippen MR) is 124 cm³/mol. The van der Waals surface area contributed by atoms with Crippen LogP contribution in [0, 0.1) is 5.92 Å². The van der Waals surface area contributed by atoms with Crippen LogP contribution in [0.15, 0.2) is 36.4 Å². The third-order valence-electron chi connectivity index (χ3n) is 7.28. The summed E-state index contributed by atoms with van der Waals surface area (Å²) in [6.07, 6.45) is 5.95. The van der Waals surface area contributed by atoms with Crippen molar-refractivity contribution in [1.29, 1.82) is 0 Å². The monoisotopic (exact) mass is 400 g/mol. The molecule has 0 saturated heterocycles. The Kier molecular flexibility index (Phi) is 4.25. The van der Waals surface area contributed by atoms with Gasteiger partial charge >= 0.3 is 0 Å². The van der Waals surface area contributed by atoms with Crippen LogP contribution in [-0.2, 0) is 17.3 Å². The van der Waals surface area contributed by atoms with Gasteiger partial charge in [-0.1, -0.05) is 71.0 Å². The second-order valence-corrected chi connectivity index (χ2v) is 10.4. The van der Waals surface area contributed by atoms with Gasteiger partial charge in [0.05, 0.1) is 0 Å². The number of benzene rings is 2. The Hall–Kier alpha value is -2.75. The van der Waals surface area contributed by atoms with Gasteiger partial charge in [0.15, 0.2) is 0 Å². The standard InChI is InChI=1S/C26H30N4.H2/c1-16-12-19-15-18(24-27-29-30-28-24)7-8-20(19)21(16)13-17-6-9-22-23(14-17)26(4,5)11-10-25(22,2)3;/h6-9,13-16H,10-12H2,1-5H3,(H,27,28,29,30);1H/b21-13+;. The van der Waals surface area contributed by atoms with Gasteiger partial charge in [0.2, 0.25) is 5.82 Å². The number of rotatable bonds is 2. The van der Waals surface area contributed by atoms with Crippen molar-refractivity contribution in [3.05, 3.63) is 64.2 Å². The third kappa shape index (κ3) is 3.10. The number of hydrogen-bond acceptors (Lipinski definition) is 3. The molecule has 2 aliphatic rings. The lowest BCUT2D eigenvalue weighted by molar-refractivity contribution is 0.332. The van der Waals surface area contributed by atoms with Crippen molar-refractivity contribution in [1.82, 2.24) is 20.6 Å². The maximum absolute atomic E-state index is 4.12. The molecule has 0 saturated carbocycles. The summed E-state index contributed by atoms with van der Waals surface area (Å²) in [5.41, 5.74) is 10.0. The molecule has 1 unspecified atom stereocenters. The van der Waals surface area contributed by atoms with Crippen LogP contribution in [0.25, 0.3) is 23.0 Å². The Morgan fingerprint density at radius 1 is 1.00 bits per heavy atom. The highest BCUT2D eigenvalue weighted by molar-refractivity contribution is 5.87. The maximum Gasteiger partial charge on any atom is 0.204 e. The average molecular weight is 401 g/mol. The number of H-pyrrole nitrogens is 1. The number of fused-ring (bicyclic) bond motifs is 2. The summed E-state index contributed by atoms with van der Waals surface area (Å²) in [7, 11) is 0. The lowest BCUT2D eigenvalue weighted by Crippen LogP contribution is -2.33. The van der Waals surface area contributed by atoms with Crippen LogP contribution in [-0.4, -0.2) is 20.6 Å². The zero-order valence-electron chi connectivity index (χ0n) is 18.6. The normalized spacial score (nSPS) is 22.7. The first-order chi connectivity index (χ1) is 14.2. The van der Waals surface area contributed by atoms with Crippen LogP contribution in [0.1, 0.15) is 76.7 Å². The first kappa shape index (κ1) is 19.2. The third-order valence-corrected chi connectivity index (χ3v) is 7.28. The fourth-order valence-corrected chi connectivity index (χ4v) is 5.27. The van der Waals surface area contributed by atoms with E-state index in [9.17, 15) is 0 Å². The van der Waals surface area contributed by atoms with Crippen molar-refractivity contribution in [3.63, 3.8) is 0 Å². The van der Waals surface area contributed by atoms with Crippen LogP contribution in [0.2, 0.25) is 0 Å². The molecular formula is C26H32N4. The largest absolute Gasteiger partial charge is 0.204 e. The molecule has 3 aromatic rings. The molecule has 30 heavy (non-hydrogen) atoms. The molecule has 1 atom stereocenters. The van der Waals surface area contributed by atoms with Gasteiger partial charge in [-0.15, -0.1) is 10.2 Å². The summed E-state index contributed by atoms with van der Waals surface area (Å²) in [4.78, 5) is 0. The number of aromatic amines is 1. The Morgan fingerprint density at radius 2 is 1.77 bits per heavy atom. The van der Waals surface area contributed by atoms with E-state index in [-0.39, 0.29) is 12.3 Å². The summed E-state index contributed by atoms with van der Waals surface area (Å²) in [5.74, 6) is 1.16. The average Bonchev–Trinajstić information content (AvgIpc) is 3.34. The molecule has 156 valence electrons. The van der Waals surface area contributed by atoms with Crippen LogP contribution in [0.5, 0.6) is 0 Å². The minimum atomic E-state index is 0. The SMILES string of the molecule is CC1Cc2cc(-c3nn[nH]n3)ccc2/C1=C/c1ccc2c(c1)C(C)(C)CCC2(C)C.[HH]. The summed E-state index contributed by atoms with van der Waals surface area (Å²) in [5, 5.41) is 14.5. The van der Waals surface area contributed by atoms with E-state index in [0.717, 1.165) is 12.0 Å². The molecule has 4 nitrogen and oxygen atoms in total. The number of nitrogens with zero attached hydrogens (tertiary/aromatic N) is 3. The number of aromatic nitrogens is 4. The first-order valence-corrected chi connectivity index (χ1v) is 11.0. The highest BCUT2D eigenvalue weighted by Crippen LogP contribution is 2.46. The molecule has 0 fully saturated rings. The second kappa shape index (κ2) is 6.63. The van der Waals surface area contributed by atoms with Gasteiger partial charge in [0.1, 0.15) is 0 Å². The summed E-state index contributed by atoms with van der Waals surface area (Å²) in [6, 6.07) is 13.7. The van der Waals surface area contributed by atoms with Crippen LogP contribution >= 0.6 is 0 Å². The number of hydrogen-bond donors (Lipinski definition) is 1. The van der Waals surface area contributed by atoms with E-state index in [2.05, 4.69) is 97.7 Å². The fourth-order valence-electron chi connectivity index (χ4n) is 5.27. The minimum absolute atomic E-state index is 0. The van der Waals surface area contributed by atoms with Crippen molar-refractivity contribution >= 4 is 11.6 Å². The molecular weight excluding hydrogens is 368 g/mol. The van der Waals surface area contributed by atoms with Gasteiger partial charge in [0, 0.05) is 6.99 Å². The summed E-state index contributed by atoms with van der Waals surface area (Å²) < 4.78 is 0. The van der Waals surface area contributed by atoms with Gasteiger partial charge in [-0.2, -0.15) is 5.21 Å². The minimum Gasteiger partial charge on any atom is -0.177 e. The molecule has 0 aliphatic heterocycles. The topological polar surface area (TPSA) is 54.5 Å². The Labute approximate surface area is 180 Å². The fraction of sp³-hybridized carbons (Fsp3) is 0.423. The summed E-state index contributed by atoms with van der Waals surface area (Å²) in [6.45, 7) is 11.9. The molecule has 0 bridgehead atoms. The van der Waals surface area contributed by atoms with Crippen molar-refractivity contribution in [2.24, 2.45) is 5.92 Å². The Balaban J connectivity index is 0.00000231. The molecule has 0 amide bonds. The van der Waals surface area contributed by atoms with Crippen molar-refractivity contribution in [3.8, 4) is 11.4 Å². The van der Waals surface area contributed by atoms with E-state index >= 15 is 0 Å². The van der Waals surface area contributed by atoms with Gasteiger partial charge < -0.3 is 0 Å². The van der Waals surface area contributed by atoms with E-state index in [0.29, 0.717) is 11.7 Å². The first-order valence-electron chi connectivity index (χ1n) is 11.0. The van der Waals surface area contributed by atoms with Crippen molar-refractivity contribution in [2.45, 2.75) is 64.7 Å². The molecule has 5 rings (SSSR count). The van der Waals surface area contributed by atoms with E-state index in [1.54, 1.807) is 0 Å². The van der Waals surface area contributed by atoms with Gasteiger partial charge in [0.25, 0.3) is 0 Å². The highest BCUT2D eigenvalue weighted by Gasteiger charge is 2.37. The Morgan fingerprint density at radius 3 is 2.50 bits per heavy atom. The number of nitrogens with one attached hydrogen (secondary N) is 1. The van der Waals surface area contributed by atoms with E-state index in [1.807, 2.05) is 0 Å². The van der Waals surface area contributed by atoms with Crippen LogP contribution < -0.4 is 0 Å². The van der Waals surface area contributed by atoms with E-state index < -0.39 is 0 Å². The van der Waals surface area contributed by atoms with Gasteiger partial charge in [-0.3, -0.25) is 0 Å². The highest BCUT2D eigenvalue weighted by atomic mass is 15.5. The van der Waals surface area contributed by atoms with Crippen LogP contribution in [0.4, 0.5) is 0 Å². The van der Waals surface area contributed by atoms with Crippen molar-refractivity contribution < 1.29 is 1.43 Å². The van der Waals surface area contributed by atoms with E-state index in [4.69, 9.17) is 0 Å². The zero-order valence-corrected chi connectivity index (χ0v) is 18.6. The molecule has 4 heteroatoms. The zero-order chi connectivity index (χ0) is 21.1.